The molecule has 164 valence electrons. The number of benzene rings is 2. The number of amides is 1. The number of anilines is 2. The Bertz CT molecular complexity index is 1170. The third-order valence-corrected chi connectivity index (χ3v) is 7.05. The van der Waals surface area contributed by atoms with Gasteiger partial charge in [-0.3, -0.25) is 9.10 Å². The molecule has 0 aliphatic carbocycles. The summed E-state index contributed by atoms with van der Waals surface area (Å²) >= 11 is 1.30. The molecule has 7 nitrogen and oxygen atoms in total. The first kappa shape index (κ1) is 22.9. The number of aromatic nitrogens is 2. The second-order valence-electron chi connectivity index (χ2n) is 7.48. The molecule has 0 aliphatic heterocycles. The number of carbonyl (C=O) groups excluding carboxylic acids is 1. The molecular weight excluding hydrogens is 432 g/mol. The quantitative estimate of drug-likeness (QED) is 0.543. The van der Waals surface area contributed by atoms with E-state index in [9.17, 15) is 13.2 Å². The Kier molecular flexibility index (Phi) is 7.07. The zero-order valence-electron chi connectivity index (χ0n) is 18.0. The number of sulfonamides is 1. The predicted octanol–water partition coefficient (Wildman–Crippen LogP) is 4.32. The minimum Gasteiger partial charge on any atom is -0.301 e. The zero-order valence-corrected chi connectivity index (χ0v) is 19.7. The minimum atomic E-state index is -3.46. The van der Waals surface area contributed by atoms with Crippen LogP contribution in [-0.2, 0) is 14.8 Å². The topological polar surface area (TPSA) is 92.3 Å². The summed E-state index contributed by atoms with van der Waals surface area (Å²) in [4.78, 5) is 12.4. The van der Waals surface area contributed by atoms with Gasteiger partial charge in [0.25, 0.3) is 0 Å². The molecule has 9 heteroatoms. The monoisotopic (exact) mass is 458 g/mol. The van der Waals surface area contributed by atoms with Crippen LogP contribution in [-0.4, -0.2) is 37.3 Å². The van der Waals surface area contributed by atoms with Crippen LogP contribution >= 0.6 is 11.3 Å². The normalized spacial score (nSPS) is 11.4. The third kappa shape index (κ3) is 5.89. The fraction of sp³-hybridized carbons (Fsp3) is 0.318. The molecule has 0 radical (unpaired) electrons. The van der Waals surface area contributed by atoms with Crippen LogP contribution in [0.5, 0.6) is 0 Å². The number of hydrogen-bond donors (Lipinski definition) is 1. The van der Waals surface area contributed by atoms with Gasteiger partial charge in [-0.15, -0.1) is 10.2 Å². The van der Waals surface area contributed by atoms with Crippen LogP contribution in [0.1, 0.15) is 29.5 Å². The predicted molar refractivity (Wildman–Crippen MR) is 126 cm³/mol. The summed E-state index contributed by atoms with van der Waals surface area (Å²) in [7, 11) is -3.46. The minimum absolute atomic E-state index is 0.177. The molecule has 0 unspecified atom stereocenters. The fourth-order valence-electron chi connectivity index (χ4n) is 3.12. The van der Waals surface area contributed by atoms with Gasteiger partial charge in [0.15, 0.2) is 0 Å². The van der Waals surface area contributed by atoms with Crippen LogP contribution in [0.2, 0.25) is 0 Å². The van der Waals surface area contributed by atoms with Crippen LogP contribution in [0.25, 0.3) is 10.6 Å². The molecule has 0 aliphatic rings. The Morgan fingerprint density at radius 1 is 1.06 bits per heavy atom. The van der Waals surface area contributed by atoms with E-state index in [0.717, 1.165) is 27.3 Å². The van der Waals surface area contributed by atoms with E-state index >= 15 is 0 Å². The average molecular weight is 459 g/mol. The SMILES string of the molecule is Cc1ccc(-c2nnc(NC(=O)CCCN(c3cccc(C)c3C)S(C)(=O)=O)s2)cc1. The van der Waals surface area contributed by atoms with E-state index in [4.69, 9.17) is 0 Å². The Balaban J connectivity index is 1.60. The van der Waals surface area contributed by atoms with Crippen molar-refractivity contribution in [1.29, 1.82) is 0 Å². The smallest absolute Gasteiger partial charge is 0.232 e. The van der Waals surface area contributed by atoms with Crippen molar-refractivity contribution in [3.8, 4) is 10.6 Å². The Hall–Kier alpha value is -2.78. The molecule has 1 heterocycles. The van der Waals surface area contributed by atoms with Crippen LogP contribution in [0.15, 0.2) is 42.5 Å². The van der Waals surface area contributed by atoms with Crippen LogP contribution in [0.3, 0.4) is 0 Å². The highest BCUT2D eigenvalue weighted by molar-refractivity contribution is 7.92. The van der Waals surface area contributed by atoms with Crippen molar-refractivity contribution in [3.63, 3.8) is 0 Å². The second kappa shape index (κ2) is 9.57. The molecule has 0 saturated heterocycles. The molecule has 1 amide bonds. The van der Waals surface area contributed by atoms with E-state index in [1.807, 2.05) is 57.2 Å². The lowest BCUT2D eigenvalue weighted by molar-refractivity contribution is -0.116. The highest BCUT2D eigenvalue weighted by atomic mass is 32.2. The molecule has 0 spiro atoms. The first-order valence-electron chi connectivity index (χ1n) is 9.89. The highest BCUT2D eigenvalue weighted by Crippen LogP contribution is 2.27. The maximum Gasteiger partial charge on any atom is 0.232 e. The molecule has 1 aromatic heterocycles. The van der Waals surface area contributed by atoms with Crippen LogP contribution in [0, 0.1) is 20.8 Å². The van der Waals surface area contributed by atoms with Gasteiger partial charge in [0.1, 0.15) is 5.01 Å². The molecular formula is C22H26N4O3S2. The molecule has 0 bridgehead atoms. The van der Waals surface area contributed by atoms with Gasteiger partial charge >= 0.3 is 0 Å². The van der Waals surface area contributed by atoms with E-state index in [2.05, 4.69) is 15.5 Å². The maximum absolute atomic E-state index is 12.4. The van der Waals surface area contributed by atoms with Crippen molar-refractivity contribution < 1.29 is 13.2 Å². The lowest BCUT2D eigenvalue weighted by Crippen LogP contribution is -2.32. The van der Waals surface area contributed by atoms with Gasteiger partial charge < -0.3 is 5.32 Å². The molecule has 0 fully saturated rings. The molecule has 0 saturated carbocycles. The lowest BCUT2D eigenvalue weighted by atomic mass is 10.1. The van der Waals surface area contributed by atoms with Crippen molar-refractivity contribution in [2.45, 2.75) is 33.6 Å². The standard InChI is InChI=1S/C22H26N4O3S2/c1-15-10-12-18(13-11-15)21-24-25-22(30-21)23-20(27)9-6-14-26(31(4,28)29)19-8-5-7-16(2)17(19)3/h5,7-8,10-13H,6,9,14H2,1-4H3,(H,23,25,27). The number of nitrogens with one attached hydrogen (secondary N) is 1. The van der Waals surface area contributed by atoms with Gasteiger partial charge in [-0.1, -0.05) is 53.3 Å². The first-order chi connectivity index (χ1) is 14.6. The first-order valence-corrected chi connectivity index (χ1v) is 12.6. The summed E-state index contributed by atoms with van der Waals surface area (Å²) in [6.45, 7) is 6.08. The number of nitrogens with zero attached hydrogens (tertiary/aromatic N) is 3. The number of carbonyl (C=O) groups is 1. The van der Waals surface area contributed by atoms with E-state index in [1.165, 1.54) is 21.9 Å². The Labute approximate surface area is 187 Å². The summed E-state index contributed by atoms with van der Waals surface area (Å²) in [6, 6.07) is 13.5. The molecule has 0 atom stereocenters. The van der Waals surface area contributed by atoms with Gasteiger partial charge in [-0.2, -0.15) is 0 Å². The van der Waals surface area contributed by atoms with Crippen LogP contribution < -0.4 is 9.62 Å². The highest BCUT2D eigenvalue weighted by Gasteiger charge is 2.20. The van der Waals surface area contributed by atoms with Crippen molar-refractivity contribution in [3.05, 3.63) is 59.2 Å². The Morgan fingerprint density at radius 3 is 2.45 bits per heavy atom. The summed E-state index contributed by atoms with van der Waals surface area (Å²) in [5, 5.41) is 12.1. The largest absolute Gasteiger partial charge is 0.301 e. The number of rotatable bonds is 8. The van der Waals surface area contributed by atoms with E-state index < -0.39 is 10.0 Å². The lowest BCUT2D eigenvalue weighted by Gasteiger charge is -2.24. The second-order valence-corrected chi connectivity index (χ2v) is 10.4. The molecule has 2 aromatic carbocycles. The van der Waals surface area contributed by atoms with Crippen molar-refractivity contribution >= 4 is 38.1 Å². The van der Waals surface area contributed by atoms with Crippen LogP contribution in [0.4, 0.5) is 10.8 Å². The van der Waals surface area contributed by atoms with Crippen molar-refractivity contribution in [2.75, 3.05) is 22.4 Å². The number of aryl methyl sites for hydroxylation is 2. The summed E-state index contributed by atoms with van der Waals surface area (Å²) in [6.07, 6.45) is 1.74. The molecule has 1 N–H and O–H groups in total. The van der Waals surface area contributed by atoms with E-state index in [-0.39, 0.29) is 18.9 Å². The molecule has 3 rings (SSSR count). The molecule has 3 aromatic rings. The van der Waals surface area contributed by atoms with Crippen molar-refractivity contribution in [2.24, 2.45) is 0 Å². The van der Waals surface area contributed by atoms with Gasteiger partial charge in [0.2, 0.25) is 21.1 Å². The van der Waals surface area contributed by atoms with E-state index in [1.54, 1.807) is 6.07 Å². The third-order valence-electron chi connectivity index (χ3n) is 4.98. The van der Waals surface area contributed by atoms with Gasteiger partial charge in [-0.05, 0) is 44.4 Å². The van der Waals surface area contributed by atoms with E-state index in [0.29, 0.717) is 17.2 Å². The van der Waals surface area contributed by atoms with Gasteiger partial charge in [0, 0.05) is 18.5 Å². The Morgan fingerprint density at radius 2 is 1.77 bits per heavy atom. The van der Waals surface area contributed by atoms with Gasteiger partial charge in [0.05, 0.1) is 11.9 Å². The summed E-state index contributed by atoms with van der Waals surface area (Å²) in [5.41, 5.74) is 4.68. The average Bonchev–Trinajstić information content (AvgIpc) is 3.16. The molecule has 31 heavy (non-hydrogen) atoms. The number of hydrogen-bond acceptors (Lipinski definition) is 6. The zero-order chi connectivity index (χ0) is 22.6. The summed E-state index contributed by atoms with van der Waals surface area (Å²) in [5.74, 6) is -0.221. The van der Waals surface area contributed by atoms with Crippen molar-refractivity contribution in [1.82, 2.24) is 10.2 Å². The maximum atomic E-state index is 12.4. The summed E-state index contributed by atoms with van der Waals surface area (Å²) < 4.78 is 26.0. The fourth-order valence-corrected chi connectivity index (χ4v) is 4.90. The van der Waals surface area contributed by atoms with Gasteiger partial charge in [-0.25, -0.2) is 8.42 Å².